The molecule has 1 N–H and O–H groups in total. The molecule has 0 radical (unpaired) electrons. The fraction of sp³-hybridized carbons (Fsp3) is 0.500. The molecule has 1 saturated carbocycles. The molecule has 2 bridgehead atoms. The van der Waals surface area contributed by atoms with Crippen LogP contribution in [0.4, 0.5) is 24.8 Å². The van der Waals surface area contributed by atoms with Gasteiger partial charge in [0.25, 0.3) is 0 Å². The lowest BCUT2D eigenvalue weighted by Gasteiger charge is -2.39. The number of aryl methyl sites for hydroxylation is 1. The van der Waals surface area contributed by atoms with Crippen molar-refractivity contribution in [3.8, 4) is 5.88 Å². The summed E-state index contributed by atoms with van der Waals surface area (Å²) in [6, 6.07) is 5.14. The van der Waals surface area contributed by atoms with Crippen molar-refractivity contribution in [2.75, 3.05) is 29.9 Å². The normalized spacial score (nSPS) is 23.0. The van der Waals surface area contributed by atoms with Crippen molar-refractivity contribution in [1.29, 1.82) is 0 Å². The maximum atomic E-state index is 12.6. The molecule has 1 aliphatic heterocycles. The van der Waals surface area contributed by atoms with Crippen LogP contribution in [0.25, 0.3) is 5.65 Å². The predicted molar refractivity (Wildman–Crippen MR) is 112 cm³/mol. The van der Waals surface area contributed by atoms with E-state index in [1.807, 2.05) is 13.0 Å². The Hall–Kier alpha value is -2.82. The third-order valence-corrected chi connectivity index (χ3v) is 6.32. The minimum absolute atomic E-state index is 0.00309. The van der Waals surface area contributed by atoms with E-state index in [1.165, 1.54) is 10.6 Å². The Morgan fingerprint density at radius 3 is 2.66 bits per heavy atom. The van der Waals surface area contributed by atoms with Crippen LogP contribution in [0.2, 0.25) is 5.15 Å². The third-order valence-electron chi connectivity index (χ3n) is 6.13. The molecule has 1 aliphatic carbocycles. The molecule has 0 amide bonds. The number of hydrogen-bond donors (Lipinski definition) is 1. The fourth-order valence-electron chi connectivity index (χ4n) is 4.71. The van der Waals surface area contributed by atoms with E-state index < -0.39 is 12.8 Å². The molecule has 2 aliphatic rings. The Labute approximate surface area is 186 Å². The number of piperidine rings is 1. The van der Waals surface area contributed by atoms with E-state index in [9.17, 15) is 13.2 Å². The van der Waals surface area contributed by atoms with E-state index in [2.05, 4.69) is 30.5 Å². The van der Waals surface area contributed by atoms with E-state index in [-0.39, 0.29) is 11.9 Å². The number of hydrogen-bond acceptors (Lipinski definition) is 7. The summed E-state index contributed by atoms with van der Waals surface area (Å²) >= 11 is 6.00. The molecular weight excluding hydrogens is 447 g/mol. The zero-order valence-corrected chi connectivity index (χ0v) is 17.9. The Bertz CT molecular complexity index is 1120. The summed E-state index contributed by atoms with van der Waals surface area (Å²) in [4.78, 5) is 6.80. The summed E-state index contributed by atoms with van der Waals surface area (Å²) in [6.07, 6.45) is -0.580. The summed E-state index contributed by atoms with van der Waals surface area (Å²) in [7, 11) is 0. The number of fused-ring (bicyclic) bond motifs is 3. The quantitative estimate of drug-likeness (QED) is 0.612. The molecule has 4 heterocycles. The van der Waals surface area contributed by atoms with Crippen LogP contribution >= 0.6 is 11.6 Å². The van der Waals surface area contributed by atoms with E-state index in [1.54, 1.807) is 12.3 Å². The van der Waals surface area contributed by atoms with Gasteiger partial charge in [-0.3, -0.25) is 0 Å². The van der Waals surface area contributed by atoms with Gasteiger partial charge in [0.15, 0.2) is 17.4 Å². The minimum atomic E-state index is -4.43. The topological polar surface area (TPSA) is 80.5 Å². The van der Waals surface area contributed by atoms with Gasteiger partial charge >= 0.3 is 6.18 Å². The van der Waals surface area contributed by atoms with Crippen molar-refractivity contribution in [3.05, 3.63) is 35.1 Å². The van der Waals surface area contributed by atoms with E-state index in [0.29, 0.717) is 28.6 Å². The summed E-state index contributed by atoms with van der Waals surface area (Å²) in [6.45, 7) is 2.12. The average Bonchev–Trinajstić information content (AvgIpc) is 3.25. The highest BCUT2D eigenvalue weighted by Gasteiger charge is 2.42. The van der Waals surface area contributed by atoms with Gasteiger partial charge in [-0.15, -0.1) is 10.2 Å². The maximum absolute atomic E-state index is 12.6. The van der Waals surface area contributed by atoms with Gasteiger partial charge < -0.3 is 15.0 Å². The van der Waals surface area contributed by atoms with Gasteiger partial charge in [-0.2, -0.15) is 27.8 Å². The second kappa shape index (κ2) is 7.95. The van der Waals surface area contributed by atoms with Crippen molar-refractivity contribution in [1.82, 2.24) is 24.8 Å². The lowest BCUT2D eigenvalue weighted by molar-refractivity contribution is -0.154. The van der Waals surface area contributed by atoms with Crippen LogP contribution in [0, 0.1) is 18.8 Å². The number of rotatable bonds is 5. The van der Waals surface area contributed by atoms with Crippen LogP contribution in [0.1, 0.15) is 18.4 Å². The number of ether oxygens (including phenoxy) is 1. The lowest BCUT2D eigenvalue weighted by atomic mass is 9.92. The fourth-order valence-corrected chi connectivity index (χ4v) is 4.87. The molecule has 1 unspecified atom stereocenters. The first-order chi connectivity index (χ1) is 15.3. The predicted octanol–water partition coefficient (Wildman–Crippen LogP) is 3.75. The van der Waals surface area contributed by atoms with E-state index >= 15 is 0 Å². The van der Waals surface area contributed by atoms with Gasteiger partial charge in [0.1, 0.15) is 0 Å². The standard InChI is InChI=1S/C20H21ClF3N7O/c1-11-2-5-16(32-10-20(22,23)24)31-18(11)27-19(29-31)26-17-12-3-4-13(17)9-30(8-12)14-6-15(21)28-25-7-14/h2,5-7,12-13,17H,3-4,8-10H2,1H3,(H,26,29)/t12-,13+,17?. The Kier molecular flexibility index (Phi) is 5.23. The van der Waals surface area contributed by atoms with E-state index in [0.717, 1.165) is 37.2 Å². The molecule has 3 atom stereocenters. The SMILES string of the molecule is Cc1ccc(OCC(F)(F)F)n2nc(NC3[C@@H]4CC[C@H]3CN(c3cnnc(Cl)c3)C4)nc12. The summed E-state index contributed by atoms with van der Waals surface area (Å²) < 4.78 is 44.1. The van der Waals surface area contributed by atoms with Gasteiger partial charge in [0, 0.05) is 31.3 Å². The zero-order valence-electron chi connectivity index (χ0n) is 17.2. The van der Waals surface area contributed by atoms with Crippen molar-refractivity contribution < 1.29 is 17.9 Å². The number of alkyl halides is 3. The van der Waals surface area contributed by atoms with Crippen LogP contribution in [0.5, 0.6) is 5.88 Å². The molecule has 0 aromatic carbocycles. The molecule has 3 aromatic heterocycles. The Morgan fingerprint density at radius 2 is 1.97 bits per heavy atom. The van der Waals surface area contributed by atoms with Gasteiger partial charge in [0.05, 0.1) is 11.9 Å². The number of halogens is 4. The van der Waals surface area contributed by atoms with Crippen LogP contribution in [-0.4, -0.2) is 56.7 Å². The molecular formula is C20H21ClF3N7O. The molecule has 8 nitrogen and oxygen atoms in total. The number of nitrogens with one attached hydrogen (secondary N) is 1. The molecule has 5 rings (SSSR count). The Balaban J connectivity index is 1.34. The highest BCUT2D eigenvalue weighted by molar-refractivity contribution is 6.29. The van der Waals surface area contributed by atoms with Crippen LogP contribution in [0.15, 0.2) is 24.4 Å². The largest absolute Gasteiger partial charge is 0.468 e. The summed E-state index contributed by atoms with van der Waals surface area (Å²) in [5.74, 6) is 1.13. The van der Waals surface area contributed by atoms with Crippen LogP contribution in [0.3, 0.4) is 0 Å². The number of pyridine rings is 1. The van der Waals surface area contributed by atoms with Gasteiger partial charge in [0.2, 0.25) is 11.8 Å². The lowest BCUT2D eigenvalue weighted by Crippen LogP contribution is -2.48. The van der Waals surface area contributed by atoms with Crippen molar-refractivity contribution in [2.24, 2.45) is 11.8 Å². The van der Waals surface area contributed by atoms with Gasteiger partial charge in [-0.25, -0.2) is 0 Å². The molecule has 12 heteroatoms. The molecule has 3 aromatic rings. The summed E-state index contributed by atoms with van der Waals surface area (Å²) in [5, 5.41) is 16.0. The average molecular weight is 468 g/mol. The minimum Gasteiger partial charge on any atom is -0.468 e. The molecule has 2 fully saturated rings. The van der Waals surface area contributed by atoms with E-state index in [4.69, 9.17) is 16.3 Å². The first-order valence-electron chi connectivity index (χ1n) is 10.3. The third kappa shape index (κ3) is 4.13. The summed E-state index contributed by atoms with van der Waals surface area (Å²) in [5.41, 5.74) is 2.22. The monoisotopic (exact) mass is 467 g/mol. The first kappa shape index (κ1) is 21.0. The molecule has 1 saturated heterocycles. The van der Waals surface area contributed by atoms with Crippen molar-refractivity contribution in [3.63, 3.8) is 0 Å². The maximum Gasteiger partial charge on any atom is 0.422 e. The zero-order chi connectivity index (χ0) is 22.5. The van der Waals surface area contributed by atoms with Crippen LogP contribution < -0.4 is 15.0 Å². The molecule has 32 heavy (non-hydrogen) atoms. The number of aromatic nitrogens is 5. The number of nitrogens with zero attached hydrogens (tertiary/aromatic N) is 6. The van der Waals surface area contributed by atoms with Gasteiger partial charge in [-0.1, -0.05) is 17.7 Å². The van der Waals surface area contributed by atoms with Crippen molar-refractivity contribution >= 4 is 28.9 Å². The smallest absolute Gasteiger partial charge is 0.422 e. The first-order valence-corrected chi connectivity index (χ1v) is 10.7. The molecule has 0 spiro atoms. The second-order valence-corrected chi connectivity index (χ2v) is 8.73. The highest BCUT2D eigenvalue weighted by Crippen LogP contribution is 2.40. The van der Waals surface area contributed by atoms with Crippen LogP contribution in [-0.2, 0) is 0 Å². The Morgan fingerprint density at radius 1 is 1.22 bits per heavy atom. The van der Waals surface area contributed by atoms with Gasteiger partial charge in [-0.05, 0) is 37.2 Å². The molecule has 170 valence electrons. The second-order valence-electron chi connectivity index (χ2n) is 8.34. The van der Waals surface area contributed by atoms with Crippen molar-refractivity contribution in [2.45, 2.75) is 32.0 Å². The number of anilines is 2. The highest BCUT2D eigenvalue weighted by atomic mass is 35.5.